The molecule has 0 aromatic rings. The van der Waals surface area contributed by atoms with E-state index < -0.39 is 0 Å². The molecule has 0 spiro atoms. The second-order valence-corrected chi connectivity index (χ2v) is 7.20. The summed E-state index contributed by atoms with van der Waals surface area (Å²) in [4.78, 5) is 2.63. The lowest BCUT2D eigenvalue weighted by Gasteiger charge is -2.52. The summed E-state index contributed by atoms with van der Waals surface area (Å²) in [5, 5.41) is 3.69. The second kappa shape index (κ2) is 5.27. The van der Waals surface area contributed by atoms with E-state index >= 15 is 0 Å². The van der Waals surface area contributed by atoms with Crippen LogP contribution in [-0.4, -0.2) is 35.6 Å². The maximum atomic E-state index is 3.69. The molecule has 17 heavy (non-hydrogen) atoms. The van der Waals surface area contributed by atoms with Crippen molar-refractivity contribution in [1.29, 1.82) is 0 Å². The van der Waals surface area contributed by atoms with Crippen LogP contribution >= 0.6 is 0 Å². The van der Waals surface area contributed by atoms with E-state index in [2.05, 4.69) is 58.7 Å². The molecular weight excluding hydrogens is 208 g/mol. The standard InChI is InChI=1S/C15H32N2/c1-8-14(4,5)16-9-13-10-17(11-13)15(6,7)12(2)3/h12-13,16H,8-11H2,1-7H3. The average Bonchev–Trinajstić information content (AvgIpc) is 2.14. The Labute approximate surface area is 108 Å². The third-order valence-corrected chi connectivity index (χ3v) is 4.94. The molecule has 0 amide bonds. The fourth-order valence-corrected chi connectivity index (χ4v) is 2.08. The Bertz CT molecular complexity index is 237. The van der Waals surface area contributed by atoms with Crippen molar-refractivity contribution >= 4 is 0 Å². The summed E-state index contributed by atoms with van der Waals surface area (Å²) < 4.78 is 0. The second-order valence-electron chi connectivity index (χ2n) is 7.20. The number of rotatable bonds is 6. The van der Waals surface area contributed by atoms with E-state index in [1.165, 1.54) is 26.1 Å². The monoisotopic (exact) mass is 240 g/mol. The summed E-state index contributed by atoms with van der Waals surface area (Å²) in [7, 11) is 0. The van der Waals surface area contributed by atoms with Gasteiger partial charge in [-0.1, -0.05) is 20.8 Å². The SMILES string of the molecule is CCC(C)(C)NCC1CN(C(C)(C)C(C)C)C1. The minimum Gasteiger partial charge on any atom is -0.311 e. The van der Waals surface area contributed by atoms with Gasteiger partial charge in [-0.15, -0.1) is 0 Å². The highest BCUT2D eigenvalue weighted by Crippen LogP contribution is 2.31. The molecule has 1 heterocycles. The van der Waals surface area contributed by atoms with Gasteiger partial charge in [-0.3, -0.25) is 4.90 Å². The van der Waals surface area contributed by atoms with Crippen LogP contribution in [0.5, 0.6) is 0 Å². The molecule has 0 aromatic heterocycles. The quantitative estimate of drug-likeness (QED) is 0.767. The van der Waals surface area contributed by atoms with E-state index in [1.807, 2.05) is 0 Å². The largest absolute Gasteiger partial charge is 0.311 e. The molecule has 0 radical (unpaired) electrons. The number of nitrogens with zero attached hydrogens (tertiary/aromatic N) is 1. The zero-order valence-electron chi connectivity index (χ0n) is 12.9. The Morgan fingerprint density at radius 3 is 2.12 bits per heavy atom. The van der Waals surface area contributed by atoms with Crippen LogP contribution in [0.2, 0.25) is 0 Å². The van der Waals surface area contributed by atoms with E-state index in [0.717, 1.165) is 11.8 Å². The van der Waals surface area contributed by atoms with Crippen molar-refractivity contribution in [3.8, 4) is 0 Å². The van der Waals surface area contributed by atoms with Crippen molar-refractivity contribution in [2.75, 3.05) is 19.6 Å². The molecule has 0 saturated carbocycles. The molecule has 1 aliphatic rings. The van der Waals surface area contributed by atoms with Crippen LogP contribution in [0, 0.1) is 11.8 Å². The Hall–Kier alpha value is -0.0800. The zero-order chi connectivity index (χ0) is 13.3. The van der Waals surface area contributed by atoms with Crippen LogP contribution in [0.4, 0.5) is 0 Å². The van der Waals surface area contributed by atoms with Crippen molar-refractivity contribution in [1.82, 2.24) is 10.2 Å². The summed E-state index contributed by atoms with van der Waals surface area (Å²) >= 11 is 0. The summed E-state index contributed by atoms with van der Waals surface area (Å²) in [6, 6.07) is 0. The molecule has 2 heteroatoms. The number of hydrogen-bond donors (Lipinski definition) is 1. The van der Waals surface area contributed by atoms with E-state index in [1.54, 1.807) is 0 Å². The Kier molecular flexibility index (Phi) is 4.65. The van der Waals surface area contributed by atoms with Gasteiger partial charge in [-0.25, -0.2) is 0 Å². The first-order chi connectivity index (χ1) is 7.69. The summed E-state index contributed by atoms with van der Waals surface area (Å²) in [5.41, 5.74) is 0.657. The molecule has 1 N–H and O–H groups in total. The topological polar surface area (TPSA) is 15.3 Å². The van der Waals surface area contributed by atoms with Crippen molar-refractivity contribution in [2.24, 2.45) is 11.8 Å². The molecule has 2 nitrogen and oxygen atoms in total. The number of nitrogens with one attached hydrogen (secondary N) is 1. The van der Waals surface area contributed by atoms with Crippen molar-refractivity contribution in [3.63, 3.8) is 0 Å². The highest BCUT2D eigenvalue weighted by molar-refractivity contribution is 4.94. The zero-order valence-corrected chi connectivity index (χ0v) is 12.9. The molecule has 0 aliphatic carbocycles. The van der Waals surface area contributed by atoms with Gasteiger partial charge >= 0.3 is 0 Å². The highest BCUT2D eigenvalue weighted by atomic mass is 15.3. The fraction of sp³-hybridized carbons (Fsp3) is 1.00. The Balaban J connectivity index is 2.29. The van der Waals surface area contributed by atoms with Crippen LogP contribution in [-0.2, 0) is 0 Å². The molecule has 0 atom stereocenters. The number of likely N-dealkylation sites (tertiary alicyclic amines) is 1. The fourth-order valence-electron chi connectivity index (χ4n) is 2.08. The lowest BCUT2D eigenvalue weighted by molar-refractivity contribution is -0.0228. The Morgan fingerprint density at radius 1 is 1.18 bits per heavy atom. The lowest BCUT2D eigenvalue weighted by atomic mass is 9.83. The van der Waals surface area contributed by atoms with E-state index in [-0.39, 0.29) is 0 Å². The minimum absolute atomic E-state index is 0.300. The molecule has 102 valence electrons. The molecule has 1 rings (SSSR count). The van der Waals surface area contributed by atoms with E-state index in [4.69, 9.17) is 0 Å². The van der Waals surface area contributed by atoms with Crippen molar-refractivity contribution in [2.45, 2.75) is 66.0 Å². The molecular formula is C15H32N2. The van der Waals surface area contributed by atoms with Crippen LogP contribution in [0.1, 0.15) is 54.9 Å². The molecule has 0 aromatic carbocycles. The predicted molar refractivity (Wildman–Crippen MR) is 76.4 cm³/mol. The molecule has 1 saturated heterocycles. The van der Waals surface area contributed by atoms with Crippen LogP contribution in [0.3, 0.4) is 0 Å². The van der Waals surface area contributed by atoms with Gasteiger partial charge in [0.1, 0.15) is 0 Å². The first-order valence-corrected chi connectivity index (χ1v) is 7.19. The molecule has 1 aliphatic heterocycles. The smallest absolute Gasteiger partial charge is 0.0176 e. The first kappa shape index (κ1) is 15.0. The summed E-state index contributed by atoms with van der Waals surface area (Å²) in [6.45, 7) is 19.9. The predicted octanol–water partition coefficient (Wildman–Crippen LogP) is 3.13. The van der Waals surface area contributed by atoms with Crippen LogP contribution in [0.25, 0.3) is 0 Å². The van der Waals surface area contributed by atoms with Gasteiger partial charge in [-0.2, -0.15) is 0 Å². The third-order valence-electron chi connectivity index (χ3n) is 4.94. The Morgan fingerprint density at radius 2 is 1.71 bits per heavy atom. The molecule has 0 unspecified atom stereocenters. The number of hydrogen-bond acceptors (Lipinski definition) is 2. The molecule has 1 fully saturated rings. The van der Waals surface area contributed by atoms with Crippen molar-refractivity contribution in [3.05, 3.63) is 0 Å². The molecule has 0 bridgehead atoms. The average molecular weight is 240 g/mol. The normalized spacial score (nSPS) is 19.8. The van der Waals surface area contributed by atoms with E-state index in [0.29, 0.717) is 11.1 Å². The lowest BCUT2D eigenvalue weighted by Crippen LogP contribution is -2.62. The van der Waals surface area contributed by atoms with Gasteiger partial charge in [-0.05, 0) is 46.0 Å². The van der Waals surface area contributed by atoms with Gasteiger partial charge in [0, 0.05) is 30.7 Å². The van der Waals surface area contributed by atoms with E-state index in [9.17, 15) is 0 Å². The van der Waals surface area contributed by atoms with Crippen LogP contribution < -0.4 is 5.32 Å². The first-order valence-electron chi connectivity index (χ1n) is 7.19. The third kappa shape index (κ3) is 3.69. The van der Waals surface area contributed by atoms with Crippen molar-refractivity contribution < 1.29 is 0 Å². The van der Waals surface area contributed by atoms with Gasteiger partial charge in [0.15, 0.2) is 0 Å². The maximum Gasteiger partial charge on any atom is 0.0176 e. The highest BCUT2D eigenvalue weighted by Gasteiger charge is 2.39. The van der Waals surface area contributed by atoms with Gasteiger partial charge in [0.05, 0.1) is 0 Å². The van der Waals surface area contributed by atoms with Gasteiger partial charge in [0.2, 0.25) is 0 Å². The summed E-state index contributed by atoms with van der Waals surface area (Å²) in [5.74, 6) is 1.57. The summed E-state index contributed by atoms with van der Waals surface area (Å²) in [6.07, 6.45) is 1.20. The van der Waals surface area contributed by atoms with Crippen LogP contribution in [0.15, 0.2) is 0 Å². The minimum atomic E-state index is 0.300. The van der Waals surface area contributed by atoms with Gasteiger partial charge in [0.25, 0.3) is 0 Å². The maximum absolute atomic E-state index is 3.69. The van der Waals surface area contributed by atoms with Gasteiger partial charge < -0.3 is 5.32 Å².